The molecule has 0 saturated heterocycles. The van der Waals surface area contributed by atoms with Gasteiger partial charge in [0.2, 0.25) is 0 Å². The number of hydrogen-bond donors (Lipinski definition) is 1. The molecular formula is C12H20O2. The third kappa shape index (κ3) is 3.17. The maximum atomic E-state index is 10.8. The quantitative estimate of drug-likeness (QED) is 0.684. The van der Waals surface area contributed by atoms with Gasteiger partial charge in [0.25, 0.3) is 0 Å². The minimum absolute atomic E-state index is 0.0129. The van der Waals surface area contributed by atoms with Gasteiger partial charge in [0, 0.05) is 0 Å². The van der Waals surface area contributed by atoms with Crippen molar-refractivity contribution in [3.05, 3.63) is 12.2 Å². The molecule has 14 heavy (non-hydrogen) atoms. The van der Waals surface area contributed by atoms with Crippen LogP contribution in [0.1, 0.15) is 51.9 Å². The van der Waals surface area contributed by atoms with E-state index in [1.165, 1.54) is 12.8 Å². The molecule has 2 nitrogen and oxygen atoms in total. The van der Waals surface area contributed by atoms with Crippen LogP contribution in [0.15, 0.2) is 12.2 Å². The van der Waals surface area contributed by atoms with Crippen LogP contribution in [0, 0.1) is 5.41 Å². The van der Waals surface area contributed by atoms with Crippen molar-refractivity contribution < 1.29 is 9.90 Å². The topological polar surface area (TPSA) is 37.3 Å². The van der Waals surface area contributed by atoms with Crippen LogP contribution < -0.4 is 0 Å². The fourth-order valence-corrected chi connectivity index (χ4v) is 2.28. The number of carbonyl (C=O) groups is 1. The van der Waals surface area contributed by atoms with Gasteiger partial charge in [-0.3, -0.25) is 4.79 Å². The van der Waals surface area contributed by atoms with Crippen LogP contribution in [0.4, 0.5) is 0 Å². The summed E-state index contributed by atoms with van der Waals surface area (Å²) in [6.45, 7) is 2.14. The molecule has 0 aromatic rings. The first-order valence-corrected chi connectivity index (χ1v) is 5.58. The summed E-state index contributed by atoms with van der Waals surface area (Å²) in [5, 5.41) is 8.86. The van der Waals surface area contributed by atoms with E-state index in [9.17, 15) is 4.79 Å². The zero-order valence-corrected chi connectivity index (χ0v) is 8.96. The summed E-state index contributed by atoms with van der Waals surface area (Å²) >= 11 is 0. The van der Waals surface area contributed by atoms with Crippen LogP contribution in [0.5, 0.6) is 0 Å². The molecule has 1 aliphatic rings. The molecule has 0 heterocycles. The Morgan fingerprint density at radius 2 is 2.07 bits per heavy atom. The molecule has 0 aliphatic heterocycles. The molecule has 2 heteroatoms. The van der Waals surface area contributed by atoms with Gasteiger partial charge in [0.15, 0.2) is 0 Å². The lowest BCUT2D eigenvalue weighted by Gasteiger charge is -2.22. The van der Waals surface area contributed by atoms with Gasteiger partial charge in [0.05, 0.1) is 6.42 Å². The number of carboxylic acids is 1. The van der Waals surface area contributed by atoms with Crippen molar-refractivity contribution >= 4 is 5.97 Å². The molecule has 1 rings (SSSR count). The first-order chi connectivity index (χ1) is 6.68. The Hall–Kier alpha value is -0.790. The summed E-state index contributed by atoms with van der Waals surface area (Å²) in [6.07, 6.45) is 11.3. The zero-order valence-electron chi connectivity index (χ0n) is 8.96. The average Bonchev–Trinajstić information content (AvgIpc) is 2.53. The summed E-state index contributed by atoms with van der Waals surface area (Å²) < 4.78 is 0. The molecule has 0 amide bonds. The van der Waals surface area contributed by atoms with E-state index in [-0.39, 0.29) is 5.41 Å². The highest BCUT2D eigenvalue weighted by molar-refractivity contribution is 5.68. The molecule has 0 aromatic carbocycles. The normalized spacial score (nSPS) is 20.4. The highest BCUT2D eigenvalue weighted by Crippen LogP contribution is 2.42. The predicted octanol–water partition coefficient (Wildman–Crippen LogP) is 3.38. The summed E-state index contributed by atoms with van der Waals surface area (Å²) in [6, 6.07) is 0. The Kier molecular flexibility index (Phi) is 4.18. The van der Waals surface area contributed by atoms with Crippen LogP contribution in [0.3, 0.4) is 0 Å². The maximum absolute atomic E-state index is 10.8. The third-order valence-corrected chi connectivity index (χ3v) is 3.03. The first kappa shape index (κ1) is 11.3. The van der Waals surface area contributed by atoms with Crippen molar-refractivity contribution in [1.29, 1.82) is 0 Å². The summed E-state index contributed by atoms with van der Waals surface area (Å²) in [5.74, 6) is -0.659. The van der Waals surface area contributed by atoms with Crippen molar-refractivity contribution in [2.24, 2.45) is 5.41 Å². The van der Waals surface area contributed by atoms with Gasteiger partial charge in [0.1, 0.15) is 0 Å². The summed E-state index contributed by atoms with van der Waals surface area (Å²) in [5.41, 5.74) is -0.0129. The Balaban J connectivity index is 2.57. The largest absolute Gasteiger partial charge is 0.481 e. The van der Waals surface area contributed by atoms with Gasteiger partial charge in [-0.25, -0.2) is 0 Å². The van der Waals surface area contributed by atoms with Gasteiger partial charge >= 0.3 is 5.97 Å². The number of carboxylic acid groups (broad SMARTS) is 1. The molecule has 80 valence electrons. The molecule has 0 bridgehead atoms. The van der Waals surface area contributed by atoms with Crippen molar-refractivity contribution in [2.75, 3.05) is 0 Å². The number of hydrogen-bond acceptors (Lipinski definition) is 1. The zero-order chi connectivity index (χ0) is 10.4. The van der Waals surface area contributed by atoms with Gasteiger partial charge in [-0.15, -0.1) is 0 Å². The third-order valence-electron chi connectivity index (χ3n) is 3.03. The summed E-state index contributed by atoms with van der Waals surface area (Å²) in [4.78, 5) is 10.8. The van der Waals surface area contributed by atoms with Crippen molar-refractivity contribution in [3.63, 3.8) is 0 Å². The van der Waals surface area contributed by atoms with Gasteiger partial charge < -0.3 is 5.11 Å². The minimum atomic E-state index is -0.659. The highest BCUT2D eigenvalue weighted by Gasteiger charge is 2.33. The number of rotatable bonds is 5. The Morgan fingerprint density at radius 1 is 1.43 bits per heavy atom. The molecular weight excluding hydrogens is 176 g/mol. The van der Waals surface area contributed by atoms with Gasteiger partial charge in [-0.1, -0.05) is 38.3 Å². The van der Waals surface area contributed by atoms with E-state index in [4.69, 9.17) is 5.11 Å². The van der Waals surface area contributed by atoms with Crippen molar-refractivity contribution in [3.8, 4) is 0 Å². The molecule has 0 spiro atoms. The number of unbranched alkanes of at least 4 members (excludes halogenated alkanes) is 1. The summed E-state index contributed by atoms with van der Waals surface area (Å²) in [7, 11) is 0. The van der Waals surface area contributed by atoms with Crippen molar-refractivity contribution in [2.45, 2.75) is 51.9 Å². The van der Waals surface area contributed by atoms with Crippen LogP contribution in [0.25, 0.3) is 0 Å². The van der Waals surface area contributed by atoms with E-state index in [0.29, 0.717) is 6.42 Å². The van der Waals surface area contributed by atoms with Gasteiger partial charge in [-0.2, -0.15) is 0 Å². The first-order valence-electron chi connectivity index (χ1n) is 5.58. The molecule has 0 aromatic heterocycles. The number of allylic oxidation sites excluding steroid dienone is 2. The molecule has 0 unspecified atom stereocenters. The van der Waals surface area contributed by atoms with E-state index in [2.05, 4.69) is 19.1 Å². The fourth-order valence-electron chi connectivity index (χ4n) is 2.28. The lowest BCUT2D eigenvalue weighted by Crippen LogP contribution is -2.18. The maximum Gasteiger partial charge on any atom is 0.304 e. The Morgan fingerprint density at radius 3 is 2.57 bits per heavy atom. The van der Waals surface area contributed by atoms with E-state index in [0.717, 1.165) is 25.7 Å². The SMILES string of the molecule is CCCC=CC1(CC(=O)O)CCCC1. The molecule has 0 radical (unpaired) electrons. The minimum Gasteiger partial charge on any atom is -0.481 e. The van der Waals surface area contributed by atoms with E-state index < -0.39 is 5.97 Å². The lowest BCUT2D eigenvalue weighted by atomic mass is 9.82. The van der Waals surface area contributed by atoms with Crippen LogP contribution in [-0.4, -0.2) is 11.1 Å². The van der Waals surface area contributed by atoms with E-state index in [1.807, 2.05) is 0 Å². The van der Waals surface area contributed by atoms with E-state index in [1.54, 1.807) is 0 Å². The van der Waals surface area contributed by atoms with Crippen LogP contribution in [-0.2, 0) is 4.79 Å². The highest BCUT2D eigenvalue weighted by atomic mass is 16.4. The Bertz CT molecular complexity index is 212. The fraction of sp³-hybridized carbons (Fsp3) is 0.750. The molecule has 1 saturated carbocycles. The Labute approximate surface area is 86.0 Å². The van der Waals surface area contributed by atoms with Crippen molar-refractivity contribution in [1.82, 2.24) is 0 Å². The number of aliphatic carboxylic acids is 1. The van der Waals surface area contributed by atoms with Crippen LogP contribution >= 0.6 is 0 Å². The van der Waals surface area contributed by atoms with Crippen LogP contribution in [0.2, 0.25) is 0 Å². The molecule has 1 fully saturated rings. The second-order valence-electron chi connectivity index (χ2n) is 4.33. The predicted molar refractivity (Wildman–Crippen MR) is 57.2 cm³/mol. The standard InChI is InChI=1S/C12H20O2/c1-2-3-4-7-12(10-11(13)14)8-5-6-9-12/h4,7H,2-3,5-6,8-10H2,1H3,(H,13,14). The molecule has 0 atom stereocenters. The van der Waals surface area contributed by atoms with Gasteiger partial charge in [-0.05, 0) is 24.7 Å². The smallest absolute Gasteiger partial charge is 0.304 e. The molecule has 1 aliphatic carbocycles. The second-order valence-corrected chi connectivity index (χ2v) is 4.33. The second kappa shape index (κ2) is 5.18. The lowest BCUT2D eigenvalue weighted by molar-refractivity contribution is -0.139. The van der Waals surface area contributed by atoms with E-state index >= 15 is 0 Å². The monoisotopic (exact) mass is 196 g/mol. The molecule has 1 N–H and O–H groups in total. The average molecular weight is 196 g/mol.